The van der Waals surface area contributed by atoms with Gasteiger partial charge in [0, 0.05) is 24.2 Å². The van der Waals surface area contributed by atoms with Crippen LogP contribution in [0.1, 0.15) is 32.8 Å². The Kier molecular flexibility index (Phi) is 4.84. The van der Waals surface area contributed by atoms with Crippen molar-refractivity contribution in [3.63, 3.8) is 0 Å². The van der Waals surface area contributed by atoms with Crippen LogP contribution in [0, 0.1) is 0 Å². The second kappa shape index (κ2) is 6.25. The topological polar surface area (TPSA) is 38.5 Å². The lowest BCUT2D eigenvalue weighted by molar-refractivity contribution is -0.101. The van der Waals surface area contributed by atoms with Gasteiger partial charge in [-0.05, 0) is 39.2 Å². The highest BCUT2D eigenvalue weighted by Gasteiger charge is 2.41. The van der Waals surface area contributed by atoms with Crippen molar-refractivity contribution in [2.24, 2.45) is 5.73 Å². The Balaban J connectivity index is 2.08. The van der Waals surface area contributed by atoms with Gasteiger partial charge in [-0.1, -0.05) is 30.3 Å². The average Bonchev–Trinajstić information content (AvgIpc) is 2.45. The summed E-state index contributed by atoms with van der Waals surface area (Å²) in [5, 5.41) is 0. The second-order valence-electron chi connectivity index (χ2n) is 6.70. The number of nitrogens with two attached hydrogens (primary N) is 1. The van der Waals surface area contributed by atoms with Crippen molar-refractivity contribution in [1.29, 1.82) is 0 Å². The maximum Gasteiger partial charge on any atom is 0.0645 e. The van der Waals surface area contributed by atoms with Gasteiger partial charge < -0.3 is 10.5 Å². The summed E-state index contributed by atoms with van der Waals surface area (Å²) in [7, 11) is 0. The van der Waals surface area contributed by atoms with Gasteiger partial charge in [0.15, 0.2) is 0 Å². The quantitative estimate of drug-likeness (QED) is 0.898. The van der Waals surface area contributed by atoms with Crippen LogP contribution < -0.4 is 5.73 Å². The summed E-state index contributed by atoms with van der Waals surface area (Å²) in [5.74, 6) is 0. The molecule has 2 N–H and O–H groups in total. The van der Waals surface area contributed by atoms with E-state index in [1.165, 1.54) is 5.56 Å². The third-order valence-corrected chi connectivity index (χ3v) is 4.53. The highest BCUT2D eigenvalue weighted by molar-refractivity contribution is 5.15. The lowest BCUT2D eigenvalue weighted by Gasteiger charge is -2.52. The Labute approximate surface area is 123 Å². The number of benzene rings is 1. The van der Waals surface area contributed by atoms with Crippen molar-refractivity contribution >= 4 is 0 Å². The molecule has 2 rings (SSSR count). The van der Waals surface area contributed by atoms with Crippen LogP contribution in [-0.4, -0.2) is 42.3 Å². The van der Waals surface area contributed by atoms with Gasteiger partial charge in [0.05, 0.1) is 13.2 Å². The van der Waals surface area contributed by atoms with Crippen LogP contribution in [0.5, 0.6) is 0 Å². The molecule has 0 spiro atoms. The molecule has 1 aromatic carbocycles. The summed E-state index contributed by atoms with van der Waals surface area (Å²) in [5.41, 5.74) is 7.62. The number of ether oxygens (including phenoxy) is 1. The first kappa shape index (κ1) is 15.5. The minimum atomic E-state index is 0.0309. The first-order valence-electron chi connectivity index (χ1n) is 7.57. The summed E-state index contributed by atoms with van der Waals surface area (Å²) in [6, 6.07) is 10.7. The SMILES string of the molecule is CC1(C)COCCN1C(C)(CN)CCc1ccccc1. The van der Waals surface area contributed by atoms with Gasteiger partial charge in [0.25, 0.3) is 0 Å². The van der Waals surface area contributed by atoms with E-state index in [9.17, 15) is 0 Å². The minimum Gasteiger partial charge on any atom is -0.378 e. The molecule has 0 bridgehead atoms. The molecule has 112 valence electrons. The third kappa shape index (κ3) is 3.40. The van der Waals surface area contributed by atoms with E-state index in [1.54, 1.807) is 0 Å². The Hall–Kier alpha value is -0.900. The molecule has 1 aliphatic rings. The lowest BCUT2D eigenvalue weighted by atomic mass is 9.86. The first-order valence-corrected chi connectivity index (χ1v) is 7.57. The van der Waals surface area contributed by atoms with E-state index in [0.29, 0.717) is 6.54 Å². The van der Waals surface area contributed by atoms with Crippen LogP contribution in [-0.2, 0) is 11.2 Å². The van der Waals surface area contributed by atoms with Gasteiger partial charge in [-0.3, -0.25) is 4.90 Å². The number of morpholine rings is 1. The molecule has 20 heavy (non-hydrogen) atoms. The molecule has 1 saturated heterocycles. The van der Waals surface area contributed by atoms with Gasteiger partial charge >= 0.3 is 0 Å². The average molecular weight is 276 g/mol. The molecule has 1 heterocycles. The van der Waals surface area contributed by atoms with Gasteiger partial charge in [-0.15, -0.1) is 0 Å². The number of rotatable bonds is 5. The molecule has 0 aliphatic carbocycles. The van der Waals surface area contributed by atoms with Gasteiger partial charge in [0.2, 0.25) is 0 Å². The molecule has 1 unspecified atom stereocenters. The van der Waals surface area contributed by atoms with E-state index in [2.05, 4.69) is 56.0 Å². The maximum absolute atomic E-state index is 6.14. The van der Waals surface area contributed by atoms with Crippen LogP contribution in [0.4, 0.5) is 0 Å². The van der Waals surface area contributed by atoms with Crippen LogP contribution in [0.3, 0.4) is 0 Å². The number of aryl methyl sites for hydroxylation is 1. The number of hydrogen-bond donors (Lipinski definition) is 1. The van der Waals surface area contributed by atoms with Crippen LogP contribution in [0.25, 0.3) is 0 Å². The second-order valence-corrected chi connectivity index (χ2v) is 6.70. The number of hydrogen-bond acceptors (Lipinski definition) is 3. The van der Waals surface area contributed by atoms with E-state index < -0.39 is 0 Å². The van der Waals surface area contributed by atoms with E-state index in [4.69, 9.17) is 10.5 Å². The zero-order valence-corrected chi connectivity index (χ0v) is 13.1. The Morgan fingerprint density at radius 3 is 2.60 bits per heavy atom. The van der Waals surface area contributed by atoms with Crippen molar-refractivity contribution in [2.75, 3.05) is 26.3 Å². The first-order chi connectivity index (χ1) is 9.48. The fourth-order valence-corrected chi connectivity index (χ4v) is 3.26. The molecule has 0 aromatic heterocycles. The molecule has 0 amide bonds. The predicted molar refractivity (Wildman–Crippen MR) is 83.8 cm³/mol. The van der Waals surface area contributed by atoms with Gasteiger partial charge in [0.1, 0.15) is 0 Å². The summed E-state index contributed by atoms with van der Waals surface area (Å²) < 4.78 is 5.63. The Morgan fingerprint density at radius 2 is 2.00 bits per heavy atom. The molecule has 1 aliphatic heterocycles. The number of nitrogens with zero attached hydrogens (tertiary/aromatic N) is 1. The van der Waals surface area contributed by atoms with Crippen molar-refractivity contribution in [3.8, 4) is 0 Å². The largest absolute Gasteiger partial charge is 0.378 e. The molecule has 1 fully saturated rings. The Bertz CT molecular complexity index is 418. The van der Waals surface area contributed by atoms with E-state index in [-0.39, 0.29) is 11.1 Å². The van der Waals surface area contributed by atoms with Gasteiger partial charge in [-0.25, -0.2) is 0 Å². The zero-order chi connectivity index (χ0) is 14.6. The van der Waals surface area contributed by atoms with E-state index >= 15 is 0 Å². The van der Waals surface area contributed by atoms with E-state index in [0.717, 1.165) is 32.6 Å². The normalized spacial score (nSPS) is 22.4. The molecular weight excluding hydrogens is 248 g/mol. The summed E-state index contributed by atoms with van der Waals surface area (Å²) in [6.45, 7) is 10.0. The molecular formula is C17H28N2O. The van der Waals surface area contributed by atoms with Crippen molar-refractivity contribution < 1.29 is 4.74 Å². The zero-order valence-electron chi connectivity index (χ0n) is 13.1. The maximum atomic E-state index is 6.14. The Morgan fingerprint density at radius 1 is 1.30 bits per heavy atom. The highest BCUT2D eigenvalue weighted by atomic mass is 16.5. The molecule has 1 atom stereocenters. The highest BCUT2D eigenvalue weighted by Crippen LogP contribution is 2.31. The van der Waals surface area contributed by atoms with Crippen LogP contribution in [0.2, 0.25) is 0 Å². The fraction of sp³-hybridized carbons (Fsp3) is 0.647. The standard InChI is InChI=1S/C17H28N2O/c1-16(2)14-20-12-11-19(16)17(3,13-18)10-9-15-7-5-4-6-8-15/h4-8H,9-14,18H2,1-3H3. The van der Waals surface area contributed by atoms with Crippen molar-refractivity contribution in [3.05, 3.63) is 35.9 Å². The summed E-state index contributed by atoms with van der Waals surface area (Å²) >= 11 is 0. The summed E-state index contributed by atoms with van der Waals surface area (Å²) in [6.07, 6.45) is 2.15. The van der Waals surface area contributed by atoms with Crippen LogP contribution >= 0.6 is 0 Å². The molecule has 3 nitrogen and oxygen atoms in total. The monoisotopic (exact) mass is 276 g/mol. The fourth-order valence-electron chi connectivity index (χ4n) is 3.26. The summed E-state index contributed by atoms with van der Waals surface area (Å²) in [4.78, 5) is 2.55. The smallest absolute Gasteiger partial charge is 0.0645 e. The lowest BCUT2D eigenvalue weighted by Crippen LogP contribution is -2.64. The molecule has 0 radical (unpaired) electrons. The van der Waals surface area contributed by atoms with Crippen molar-refractivity contribution in [2.45, 2.75) is 44.7 Å². The third-order valence-electron chi connectivity index (χ3n) is 4.53. The van der Waals surface area contributed by atoms with E-state index in [1.807, 2.05) is 0 Å². The molecule has 1 aromatic rings. The predicted octanol–water partition coefficient (Wildman–Crippen LogP) is 2.45. The molecule has 3 heteroatoms. The minimum absolute atomic E-state index is 0.0309. The van der Waals surface area contributed by atoms with Gasteiger partial charge in [-0.2, -0.15) is 0 Å². The van der Waals surface area contributed by atoms with Crippen LogP contribution in [0.15, 0.2) is 30.3 Å². The molecule has 0 saturated carbocycles. The van der Waals surface area contributed by atoms with Crippen molar-refractivity contribution in [1.82, 2.24) is 4.90 Å².